The second-order valence-electron chi connectivity index (χ2n) is 5.31. The van der Waals surface area contributed by atoms with Gasteiger partial charge < -0.3 is 5.32 Å². The van der Waals surface area contributed by atoms with Crippen LogP contribution in [0.4, 0.5) is 0 Å². The Bertz CT molecular complexity index is 811. The van der Waals surface area contributed by atoms with Crippen LogP contribution in [0, 0.1) is 0 Å². The molecule has 1 N–H and O–H groups in total. The summed E-state index contributed by atoms with van der Waals surface area (Å²) in [5.74, 6) is -0.0757. The second kappa shape index (κ2) is 6.20. The predicted octanol–water partition coefficient (Wildman–Crippen LogP) is 4.98. The molecular formula is C19H16ClNO. The van der Waals surface area contributed by atoms with E-state index < -0.39 is 0 Å². The Morgan fingerprint density at radius 3 is 2.36 bits per heavy atom. The van der Waals surface area contributed by atoms with Crippen LogP contribution < -0.4 is 5.32 Å². The number of amides is 1. The quantitative estimate of drug-likeness (QED) is 0.726. The molecule has 0 radical (unpaired) electrons. The zero-order valence-electron chi connectivity index (χ0n) is 12.2. The highest BCUT2D eigenvalue weighted by atomic mass is 35.5. The summed E-state index contributed by atoms with van der Waals surface area (Å²) in [7, 11) is 0. The largest absolute Gasteiger partial charge is 0.346 e. The van der Waals surface area contributed by atoms with E-state index in [4.69, 9.17) is 11.6 Å². The number of carbonyl (C=O) groups is 1. The van der Waals surface area contributed by atoms with Crippen LogP contribution in [-0.4, -0.2) is 5.91 Å². The summed E-state index contributed by atoms with van der Waals surface area (Å²) < 4.78 is 0. The molecule has 0 saturated carbocycles. The van der Waals surface area contributed by atoms with Crippen molar-refractivity contribution in [3.63, 3.8) is 0 Å². The minimum absolute atomic E-state index is 0.0729. The molecule has 3 aromatic carbocycles. The molecule has 0 heterocycles. The van der Waals surface area contributed by atoms with Gasteiger partial charge in [-0.25, -0.2) is 0 Å². The van der Waals surface area contributed by atoms with Gasteiger partial charge in [0, 0.05) is 10.6 Å². The number of rotatable bonds is 3. The lowest BCUT2D eigenvalue weighted by molar-refractivity contribution is 0.0940. The lowest BCUT2D eigenvalue weighted by Crippen LogP contribution is -2.26. The summed E-state index contributed by atoms with van der Waals surface area (Å²) in [5, 5.41) is 5.90. The minimum atomic E-state index is -0.0757. The number of carbonyl (C=O) groups excluding carboxylic acids is 1. The average Bonchev–Trinajstić information content (AvgIpc) is 2.55. The smallest absolute Gasteiger partial charge is 0.251 e. The lowest BCUT2D eigenvalue weighted by Gasteiger charge is -2.14. The molecule has 0 aliphatic carbocycles. The Labute approximate surface area is 134 Å². The number of hydrogen-bond acceptors (Lipinski definition) is 1. The van der Waals surface area contributed by atoms with Crippen LogP contribution in [0.1, 0.15) is 28.9 Å². The Balaban J connectivity index is 1.79. The standard InChI is InChI=1S/C19H16ClNO/c1-13(14-8-10-18(20)11-9-14)21-19(22)17-7-6-15-4-2-3-5-16(15)12-17/h2-13H,1H3,(H,21,22)/t13-/m1/s1. The Kier molecular flexibility index (Phi) is 4.12. The van der Waals surface area contributed by atoms with Gasteiger partial charge in [0.15, 0.2) is 0 Å². The average molecular weight is 310 g/mol. The van der Waals surface area contributed by atoms with E-state index >= 15 is 0 Å². The molecule has 3 heteroatoms. The molecule has 22 heavy (non-hydrogen) atoms. The molecule has 110 valence electrons. The summed E-state index contributed by atoms with van der Waals surface area (Å²) in [5.41, 5.74) is 1.69. The molecule has 0 spiro atoms. The van der Waals surface area contributed by atoms with Crippen LogP contribution in [0.5, 0.6) is 0 Å². The first kappa shape index (κ1) is 14.6. The number of halogens is 1. The first-order valence-electron chi connectivity index (χ1n) is 7.18. The second-order valence-corrected chi connectivity index (χ2v) is 5.75. The van der Waals surface area contributed by atoms with Gasteiger partial charge in [-0.1, -0.05) is 54.1 Å². The molecule has 1 atom stereocenters. The van der Waals surface area contributed by atoms with Gasteiger partial charge in [0.2, 0.25) is 0 Å². The fourth-order valence-corrected chi connectivity index (χ4v) is 2.57. The van der Waals surface area contributed by atoms with Crippen LogP contribution >= 0.6 is 11.6 Å². The van der Waals surface area contributed by atoms with E-state index in [1.54, 1.807) is 0 Å². The Morgan fingerprint density at radius 2 is 1.64 bits per heavy atom. The topological polar surface area (TPSA) is 29.1 Å². The fourth-order valence-electron chi connectivity index (χ4n) is 2.45. The zero-order chi connectivity index (χ0) is 15.5. The molecule has 1 amide bonds. The van der Waals surface area contributed by atoms with Gasteiger partial charge in [-0.05, 0) is 47.5 Å². The van der Waals surface area contributed by atoms with Gasteiger partial charge >= 0.3 is 0 Å². The van der Waals surface area contributed by atoms with Crippen molar-refractivity contribution in [2.24, 2.45) is 0 Å². The van der Waals surface area contributed by atoms with Crippen molar-refractivity contribution in [3.8, 4) is 0 Å². The van der Waals surface area contributed by atoms with E-state index in [-0.39, 0.29) is 11.9 Å². The van der Waals surface area contributed by atoms with E-state index in [1.165, 1.54) is 0 Å². The molecule has 2 nitrogen and oxygen atoms in total. The highest BCUT2D eigenvalue weighted by molar-refractivity contribution is 6.30. The fraction of sp³-hybridized carbons (Fsp3) is 0.105. The monoisotopic (exact) mass is 309 g/mol. The first-order chi connectivity index (χ1) is 10.6. The van der Waals surface area contributed by atoms with E-state index in [9.17, 15) is 4.79 Å². The van der Waals surface area contributed by atoms with Crippen molar-refractivity contribution in [2.75, 3.05) is 0 Å². The van der Waals surface area contributed by atoms with Crippen molar-refractivity contribution in [2.45, 2.75) is 13.0 Å². The molecule has 0 saturated heterocycles. The third-order valence-electron chi connectivity index (χ3n) is 3.73. The summed E-state index contributed by atoms with van der Waals surface area (Å²) in [6.45, 7) is 1.96. The molecule has 3 rings (SSSR count). The summed E-state index contributed by atoms with van der Waals surface area (Å²) >= 11 is 5.89. The SMILES string of the molecule is C[C@@H](NC(=O)c1ccc2ccccc2c1)c1ccc(Cl)cc1. The highest BCUT2D eigenvalue weighted by Gasteiger charge is 2.11. The van der Waals surface area contributed by atoms with E-state index in [0.717, 1.165) is 16.3 Å². The summed E-state index contributed by atoms with van der Waals surface area (Å²) in [6.07, 6.45) is 0. The van der Waals surface area contributed by atoms with Crippen molar-refractivity contribution in [1.82, 2.24) is 5.32 Å². The lowest BCUT2D eigenvalue weighted by atomic mass is 10.1. The van der Waals surface area contributed by atoms with Crippen molar-refractivity contribution in [1.29, 1.82) is 0 Å². The number of nitrogens with one attached hydrogen (secondary N) is 1. The van der Waals surface area contributed by atoms with Gasteiger partial charge in [-0.3, -0.25) is 4.79 Å². The van der Waals surface area contributed by atoms with Crippen molar-refractivity contribution >= 4 is 28.3 Å². The van der Waals surface area contributed by atoms with Crippen LogP contribution in [0.15, 0.2) is 66.7 Å². The Hall–Kier alpha value is -2.32. The zero-order valence-corrected chi connectivity index (χ0v) is 13.0. The number of benzene rings is 3. The van der Waals surface area contributed by atoms with Gasteiger partial charge in [0.05, 0.1) is 6.04 Å². The Morgan fingerprint density at radius 1 is 0.955 bits per heavy atom. The molecular weight excluding hydrogens is 294 g/mol. The van der Waals surface area contributed by atoms with E-state index in [1.807, 2.05) is 73.7 Å². The van der Waals surface area contributed by atoms with Gasteiger partial charge in [0.25, 0.3) is 5.91 Å². The van der Waals surface area contributed by atoms with Gasteiger partial charge in [-0.15, -0.1) is 0 Å². The minimum Gasteiger partial charge on any atom is -0.346 e. The van der Waals surface area contributed by atoms with Crippen LogP contribution in [0.3, 0.4) is 0 Å². The predicted molar refractivity (Wildman–Crippen MR) is 91.3 cm³/mol. The molecule has 0 unspecified atom stereocenters. The molecule has 0 aliphatic heterocycles. The molecule has 0 fully saturated rings. The van der Waals surface area contributed by atoms with E-state index in [0.29, 0.717) is 10.6 Å². The normalized spacial score (nSPS) is 12.1. The highest BCUT2D eigenvalue weighted by Crippen LogP contribution is 2.18. The molecule has 0 bridgehead atoms. The van der Waals surface area contributed by atoms with Crippen LogP contribution in [0.2, 0.25) is 5.02 Å². The van der Waals surface area contributed by atoms with Crippen molar-refractivity contribution < 1.29 is 4.79 Å². The maximum Gasteiger partial charge on any atom is 0.251 e. The number of fused-ring (bicyclic) bond motifs is 1. The summed E-state index contributed by atoms with van der Waals surface area (Å²) in [4.78, 5) is 12.4. The number of hydrogen-bond donors (Lipinski definition) is 1. The van der Waals surface area contributed by atoms with E-state index in [2.05, 4.69) is 5.32 Å². The third kappa shape index (κ3) is 3.12. The van der Waals surface area contributed by atoms with Gasteiger partial charge in [0.1, 0.15) is 0 Å². The molecule has 0 aliphatic rings. The van der Waals surface area contributed by atoms with Crippen LogP contribution in [0.25, 0.3) is 10.8 Å². The van der Waals surface area contributed by atoms with Crippen molar-refractivity contribution in [3.05, 3.63) is 82.9 Å². The maximum absolute atomic E-state index is 12.4. The maximum atomic E-state index is 12.4. The third-order valence-corrected chi connectivity index (χ3v) is 3.98. The molecule has 0 aromatic heterocycles. The van der Waals surface area contributed by atoms with Gasteiger partial charge in [-0.2, -0.15) is 0 Å². The molecule has 3 aromatic rings. The van der Waals surface area contributed by atoms with Crippen LogP contribution in [-0.2, 0) is 0 Å². The summed E-state index contributed by atoms with van der Waals surface area (Å²) in [6, 6.07) is 21.2. The first-order valence-corrected chi connectivity index (χ1v) is 7.56.